The maximum atomic E-state index is 12.8. The Balaban J connectivity index is 1.66. The van der Waals surface area contributed by atoms with Gasteiger partial charge >= 0.3 is 0 Å². The first-order valence-electron chi connectivity index (χ1n) is 8.14. The Bertz CT molecular complexity index is 685. The van der Waals surface area contributed by atoms with Crippen molar-refractivity contribution in [1.82, 2.24) is 15.1 Å². The minimum atomic E-state index is -3.00. The van der Waals surface area contributed by atoms with Gasteiger partial charge in [-0.3, -0.25) is 4.79 Å². The molecule has 7 nitrogen and oxygen atoms in total. The van der Waals surface area contributed by atoms with Crippen LogP contribution in [0, 0.1) is 0 Å². The van der Waals surface area contributed by atoms with E-state index in [1.807, 2.05) is 4.90 Å². The van der Waals surface area contributed by atoms with E-state index in [4.69, 9.17) is 0 Å². The van der Waals surface area contributed by atoms with Crippen LogP contribution in [0.4, 0.5) is 5.13 Å². The number of hydrogen-bond acceptors (Lipinski definition) is 8. The van der Waals surface area contributed by atoms with Crippen molar-refractivity contribution in [2.24, 2.45) is 0 Å². The molecular weight excluding hydrogens is 368 g/mol. The molecule has 134 valence electrons. The Hall–Kier alpha value is -0.870. The van der Waals surface area contributed by atoms with Crippen molar-refractivity contribution in [2.75, 3.05) is 29.6 Å². The molecule has 2 aliphatic rings. The topological polar surface area (TPSA) is 92.3 Å². The van der Waals surface area contributed by atoms with Gasteiger partial charge in [-0.15, -0.1) is 10.2 Å². The minimum Gasteiger partial charge on any atom is -0.363 e. The van der Waals surface area contributed by atoms with E-state index in [-0.39, 0.29) is 35.2 Å². The summed E-state index contributed by atoms with van der Waals surface area (Å²) in [5, 5.41) is 11.7. The van der Waals surface area contributed by atoms with Crippen molar-refractivity contribution >= 4 is 44.0 Å². The van der Waals surface area contributed by atoms with Gasteiger partial charge in [0.2, 0.25) is 11.0 Å². The molecule has 0 aromatic carbocycles. The van der Waals surface area contributed by atoms with Gasteiger partial charge in [0, 0.05) is 19.1 Å². The molecule has 1 N–H and O–H groups in total. The van der Waals surface area contributed by atoms with E-state index in [2.05, 4.69) is 15.5 Å². The highest BCUT2D eigenvalue weighted by Gasteiger charge is 2.38. The number of anilines is 1. The van der Waals surface area contributed by atoms with Gasteiger partial charge in [0.15, 0.2) is 14.2 Å². The Morgan fingerprint density at radius 1 is 1.29 bits per heavy atom. The maximum Gasteiger partial charge on any atom is 0.233 e. The third kappa shape index (κ3) is 4.20. The molecule has 1 saturated carbocycles. The fourth-order valence-corrected chi connectivity index (χ4v) is 6.74. The summed E-state index contributed by atoms with van der Waals surface area (Å²) in [5.74, 6) is 0.618. The molecular formula is C14H22N4O3S3. The van der Waals surface area contributed by atoms with Crippen LogP contribution < -0.4 is 5.32 Å². The van der Waals surface area contributed by atoms with E-state index in [1.165, 1.54) is 23.1 Å². The number of thioether (sulfide) groups is 1. The number of nitrogens with zero attached hydrogens (tertiary/aromatic N) is 3. The first-order chi connectivity index (χ1) is 11.5. The molecule has 10 heteroatoms. The SMILES string of the molecule is CNc1nnc(SCC(=O)N(C2CCCC2)[C@H]2CCS(=O)(=O)C2)s1. The largest absolute Gasteiger partial charge is 0.363 e. The first kappa shape index (κ1) is 17.9. The molecule has 0 bridgehead atoms. The predicted octanol–water partition coefficient (Wildman–Crippen LogP) is 1.63. The Kier molecular flexibility index (Phi) is 5.66. The van der Waals surface area contributed by atoms with Gasteiger partial charge < -0.3 is 10.2 Å². The second kappa shape index (κ2) is 7.57. The molecule has 1 aromatic rings. The number of rotatable bonds is 6. The van der Waals surface area contributed by atoms with Gasteiger partial charge in [-0.2, -0.15) is 0 Å². The third-order valence-corrected chi connectivity index (χ3v) is 8.36. The van der Waals surface area contributed by atoms with Gasteiger partial charge in [-0.1, -0.05) is 35.9 Å². The summed E-state index contributed by atoms with van der Waals surface area (Å²) in [7, 11) is -1.22. The van der Waals surface area contributed by atoms with Crippen LogP contribution in [-0.2, 0) is 14.6 Å². The molecule has 0 unspecified atom stereocenters. The zero-order valence-corrected chi connectivity index (χ0v) is 16.1. The average Bonchev–Trinajstić information content (AvgIpc) is 3.27. The number of carbonyl (C=O) groups excluding carboxylic acids is 1. The van der Waals surface area contributed by atoms with Gasteiger partial charge in [0.1, 0.15) is 0 Å². The Morgan fingerprint density at radius 3 is 2.62 bits per heavy atom. The van der Waals surface area contributed by atoms with E-state index in [0.717, 1.165) is 35.2 Å². The van der Waals surface area contributed by atoms with Crippen LogP contribution in [0.2, 0.25) is 0 Å². The monoisotopic (exact) mass is 390 g/mol. The van der Waals surface area contributed by atoms with Crippen LogP contribution in [0.25, 0.3) is 0 Å². The minimum absolute atomic E-state index is 0.0233. The molecule has 24 heavy (non-hydrogen) atoms. The van der Waals surface area contributed by atoms with Crippen molar-refractivity contribution in [1.29, 1.82) is 0 Å². The van der Waals surface area contributed by atoms with E-state index in [1.54, 1.807) is 7.05 Å². The maximum absolute atomic E-state index is 12.8. The zero-order valence-electron chi connectivity index (χ0n) is 13.6. The number of sulfone groups is 1. The van der Waals surface area contributed by atoms with Crippen molar-refractivity contribution < 1.29 is 13.2 Å². The molecule has 1 atom stereocenters. The molecule has 1 aliphatic heterocycles. The highest BCUT2D eigenvalue weighted by atomic mass is 32.2. The highest BCUT2D eigenvalue weighted by molar-refractivity contribution is 8.01. The molecule has 1 aliphatic carbocycles. The number of aromatic nitrogens is 2. The summed E-state index contributed by atoms with van der Waals surface area (Å²) in [6.45, 7) is 0. The van der Waals surface area contributed by atoms with Crippen LogP contribution in [0.1, 0.15) is 32.1 Å². The lowest BCUT2D eigenvalue weighted by Gasteiger charge is -2.34. The molecule has 1 aromatic heterocycles. The molecule has 3 rings (SSSR count). The van der Waals surface area contributed by atoms with Crippen LogP contribution in [0.3, 0.4) is 0 Å². The molecule has 2 fully saturated rings. The Morgan fingerprint density at radius 2 is 2.04 bits per heavy atom. The lowest BCUT2D eigenvalue weighted by Crippen LogP contribution is -2.47. The molecule has 1 saturated heterocycles. The molecule has 1 amide bonds. The quantitative estimate of drug-likeness (QED) is 0.738. The third-order valence-electron chi connectivity index (χ3n) is 4.55. The number of nitrogens with one attached hydrogen (secondary N) is 1. The fraction of sp³-hybridized carbons (Fsp3) is 0.786. The number of hydrogen-bond donors (Lipinski definition) is 1. The normalized spacial score (nSPS) is 23.5. The lowest BCUT2D eigenvalue weighted by molar-refractivity contribution is -0.132. The van der Waals surface area contributed by atoms with Gasteiger partial charge in [0.05, 0.1) is 17.3 Å². The van der Waals surface area contributed by atoms with E-state index >= 15 is 0 Å². The summed E-state index contributed by atoms with van der Waals surface area (Å²) in [6, 6.07) is 0.0344. The van der Waals surface area contributed by atoms with E-state index in [9.17, 15) is 13.2 Å². The van der Waals surface area contributed by atoms with E-state index in [0.29, 0.717) is 6.42 Å². The zero-order chi connectivity index (χ0) is 17.2. The summed E-state index contributed by atoms with van der Waals surface area (Å²) in [6.07, 6.45) is 4.76. The molecule has 0 spiro atoms. The van der Waals surface area contributed by atoms with Crippen molar-refractivity contribution in [2.45, 2.75) is 48.5 Å². The van der Waals surface area contributed by atoms with Crippen LogP contribution >= 0.6 is 23.1 Å². The van der Waals surface area contributed by atoms with Gasteiger partial charge in [-0.25, -0.2) is 8.42 Å². The van der Waals surface area contributed by atoms with Crippen LogP contribution in [0.5, 0.6) is 0 Å². The number of carbonyl (C=O) groups is 1. The van der Waals surface area contributed by atoms with Crippen LogP contribution in [-0.4, -0.2) is 65.8 Å². The highest BCUT2D eigenvalue weighted by Crippen LogP contribution is 2.31. The van der Waals surface area contributed by atoms with Crippen LogP contribution in [0.15, 0.2) is 4.34 Å². The van der Waals surface area contributed by atoms with Gasteiger partial charge in [-0.05, 0) is 19.3 Å². The second-order valence-electron chi connectivity index (χ2n) is 6.21. The van der Waals surface area contributed by atoms with Crippen molar-refractivity contribution in [3.05, 3.63) is 0 Å². The summed E-state index contributed by atoms with van der Waals surface area (Å²) < 4.78 is 24.4. The Labute approximate surface area is 150 Å². The summed E-state index contributed by atoms with van der Waals surface area (Å²) in [4.78, 5) is 14.7. The predicted molar refractivity (Wildman–Crippen MR) is 96.3 cm³/mol. The first-order valence-corrected chi connectivity index (χ1v) is 11.8. The lowest BCUT2D eigenvalue weighted by atomic mass is 10.1. The van der Waals surface area contributed by atoms with Crippen molar-refractivity contribution in [3.8, 4) is 0 Å². The summed E-state index contributed by atoms with van der Waals surface area (Å²) in [5.41, 5.74) is 0. The summed E-state index contributed by atoms with van der Waals surface area (Å²) >= 11 is 2.79. The molecule has 2 heterocycles. The average molecular weight is 391 g/mol. The van der Waals surface area contributed by atoms with Gasteiger partial charge in [0.25, 0.3) is 0 Å². The fourth-order valence-electron chi connectivity index (χ4n) is 3.45. The number of amides is 1. The second-order valence-corrected chi connectivity index (χ2v) is 10.6. The molecule has 0 radical (unpaired) electrons. The standard InChI is InChI=1S/C14H22N4O3S3/c1-15-13-16-17-14(23-13)22-8-12(19)18(10-4-2-3-5-10)11-6-7-24(20,21)9-11/h10-11H,2-9H2,1H3,(H,15,16)/t11-/m0/s1. The smallest absolute Gasteiger partial charge is 0.233 e. The van der Waals surface area contributed by atoms with Crippen molar-refractivity contribution in [3.63, 3.8) is 0 Å². The van der Waals surface area contributed by atoms with E-state index < -0.39 is 9.84 Å².